The van der Waals surface area contributed by atoms with Gasteiger partial charge in [-0.1, -0.05) is 12.1 Å². The highest BCUT2D eigenvalue weighted by Gasteiger charge is 2.18. The fraction of sp³-hybridized carbons (Fsp3) is 0.250. The summed E-state index contributed by atoms with van der Waals surface area (Å²) in [5.41, 5.74) is -2.15. The van der Waals surface area contributed by atoms with Crippen LogP contribution in [0.3, 0.4) is 0 Å². The van der Waals surface area contributed by atoms with E-state index in [-0.39, 0.29) is 5.69 Å². The lowest BCUT2D eigenvalue weighted by Crippen LogP contribution is -2.25. The van der Waals surface area contributed by atoms with E-state index in [1.807, 2.05) is 18.8 Å². The van der Waals surface area contributed by atoms with E-state index >= 15 is 0 Å². The summed E-state index contributed by atoms with van der Waals surface area (Å²) in [5.74, 6) is 1.11. The molecule has 0 aliphatic heterocycles. The number of H-pyrrole nitrogens is 2. The second kappa shape index (κ2) is 7.95. The Morgan fingerprint density at radius 2 is 1.76 bits per heavy atom. The molecule has 0 radical (unpaired) electrons. The molecule has 0 spiro atoms. The lowest BCUT2D eigenvalue weighted by Gasteiger charge is -2.11. The van der Waals surface area contributed by atoms with E-state index in [2.05, 4.69) is 4.98 Å². The zero-order valence-electron chi connectivity index (χ0n) is 13.7. The average Bonchev–Trinajstić information content (AvgIpc) is 2.54. The molecule has 9 heteroatoms. The molecular weight excluding hydrogens is 330 g/mol. The molecule has 132 valence electrons. The van der Waals surface area contributed by atoms with Gasteiger partial charge in [-0.3, -0.25) is 19.9 Å². The summed E-state index contributed by atoms with van der Waals surface area (Å²) in [7, 11) is 0. The van der Waals surface area contributed by atoms with Crippen molar-refractivity contribution in [2.24, 2.45) is 0 Å². The van der Waals surface area contributed by atoms with Crippen LogP contribution in [-0.2, 0) is 0 Å². The lowest BCUT2D eigenvalue weighted by atomic mass is 10.1. The molecule has 0 saturated carbocycles. The standard InChI is InChI=1S/C16H17N3O6/c1-3-24-12-8-6-10(9-13(12)25-4-2)5-7-11-14(19(22)23)15(20)18-16(21)17-11/h5-9H,3-4H2,1-2H3,(H2,17,18,20,21). The quantitative estimate of drug-likeness (QED) is 0.582. The first-order chi connectivity index (χ1) is 12.0. The number of rotatable bonds is 7. The Hall–Kier alpha value is -3.36. The van der Waals surface area contributed by atoms with Crippen LogP contribution >= 0.6 is 0 Å². The number of hydrogen-bond donors (Lipinski definition) is 2. The number of nitro groups is 1. The summed E-state index contributed by atoms with van der Waals surface area (Å²) < 4.78 is 11.0. The molecule has 0 saturated heterocycles. The third-order valence-corrected chi connectivity index (χ3v) is 3.14. The van der Waals surface area contributed by atoms with Gasteiger partial charge in [-0.25, -0.2) is 4.79 Å². The molecular formula is C16H17N3O6. The van der Waals surface area contributed by atoms with Gasteiger partial charge in [0.1, 0.15) is 5.69 Å². The van der Waals surface area contributed by atoms with E-state index in [0.29, 0.717) is 30.3 Å². The van der Waals surface area contributed by atoms with Crippen molar-refractivity contribution < 1.29 is 14.4 Å². The molecule has 0 unspecified atom stereocenters. The molecule has 0 aliphatic carbocycles. The van der Waals surface area contributed by atoms with Crippen molar-refractivity contribution in [1.82, 2.24) is 9.97 Å². The number of nitrogens with zero attached hydrogens (tertiary/aromatic N) is 1. The molecule has 1 aromatic carbocycles. The van der Waals surface area contributed by atoms with Crippen LogP contribution in [0, 0.1) is 10.1 Å². The van der Waals surface area contributed by atoms with Gasteiger partial charge in [-0.2, -0.15) is 0 Å². The van der Waals surface area contributed by atoms with Crippen LogP contribution in [0.15, 0.2) is 27.8 Å². The average molecular weight is 347 g/mol. The topological polar surface area (TPSA) is 127 Å². The van der Waals surface area contributed by atoms with Gasteiger partial charge in [0.2, 0.25) is 0 Å². The largest absolute Gasteiger partial charge is 0.490 e. The molecule has 0 atom stereocenters. The Bertz CT molecular complexity index is 913. The maximum atomic E-state index is 11.6. The Morgan fingerprint density at radius 3 is 2.40 bits per heavy atom. The molecule has 9 nitrogen and oxygen atoms in total. The SMILES string of the molecule is CCOc1ccc(C=Cc2[nH]c(=O)[nH]c(=O)c2[N+](=O)[O-])cc1OCC. The molecule has 0 fully saturated rings. The lowest BCUT2D eigenvalue weighted by molar-refractivity contribution is -0.386. The Morgan fingerprint density at radius 1 is 1.08 bits per heavy atom. The first kappa shape index (κ1) is 18.0. The molecule has 2 N–H and O–H groups in total. The Balaban J connectivity index is 2.43. The molecule has 25 heavy (non-hydrogen) atoms. The van der Waals surface area contributed by atoms with Crippen molar-refractivity contribution in [2.75, 3.05) is 13.2 Å². The number of aromatic nitrogens is 2. The summed E-state index contributed by atoms with van der Waals surface area (Å²) in [6.07, 6.45) is 2.82. The second-order valence-electron chi connectivity index (χ2n) is 4.83. The second-order valence-corrected chi connectivity index (χ2v) is 4.83. The van der Waals surface area contributed by atoms with Crippen molar-refractivity contribution in [1.29, 1.82) is 0 Å². The van der Waals surface area contributed by atoms with Gasteiger partial charge < -0.3 is 14.5 Å². The monoisotopic (exact) mass is 347 g/mol. The first-order valence-electron chi connectivity index (χ1n) is 7.55. The zero-order chi connectivity index (χ0) is 18.4. The van der Waals surface area contributed by atoms with Gasteiger partial charge in [-0.15, -0.1) is 0 Å². The van der Waals surface area contributed by atoms with Crippen molar-refractivity contribution in [3.05, 3.63) is 60.4 Å². The smallest absolute Gasteiger partial charge is 0.357 e. The van der Waals surface area contributed by atoms with Gasteiger partial charge in [0, 0.05) is 0 Å². The van der Waals surface area contributed by atoms with Gasteiger partial charge in [0.25, 0.3) is 0 Å². The van der Waals surface area contributed by atoms with Crippen LogP contribution in [0.25, 0.3) is 12.2 Å². The fourth-order valence-corrected chi connectivity index (χ4v) is 2.15. The first-order valence-corrected chi connectivity index (χ1v) is 7.55. The number of hydrogen-bond acceptors (Lipinski definition) is 6. The normalized spacial score (nSPS) is 10.8. The summed E-state index contributed by atoms with van der Waals surface area (Å²) in [6, 6.07) is 5.13. The molecule has 0 aliphatic rings. The summed E-state index contributed by atoms with van der Waals surface area (Å²) in [5, 5.41) is 11.0. The molecule has 0 amide bonds. The predicted molar refractivity (Wildman–Crippen MR) is 92.0 cm³/mol. The Labute approximate surface area is 142 Å². The number of benzene rings is 1. The van der Waals surface area contributed by atoms with Crippen molar-refractivity contribution in [3.8, 4) is 11.5 Å². The van der Waals surface area contributed by atoms with Gasteiger partial charge >= 0.3 is 16.9 Å². The maximum Gasteiger partial charge on any atom is 0.357 e. The van der Waals surface area contributed by atoms with Gasteiger partial charge in [0.15, 0.2) is 11.5 Å². The summed E-state index contributed by atoms with van der Waals surface area (Å²) in [6.45, 7) is 4.62. The number of aromatic amines is 2. The van der Waals surface area contributed by atoms with E-state index in [1.165, 1.54) is 12.2 Å². The minimum Gasteiger partial charge on any atom is -0.490 e. The van der Waals surface area contributed by atoms with Crippen molar-refractivity contribution >= 4 is 17.8 Å². The van der Waals surface area contributed by atoms with Crippen molar-refractivity contribution in [3.63, 3.8) is 0 Å². The maximum absolute atomic E-state index is 11.6. The van der Waals surface area contributed by atoms with Crippen LogP contribution in [0.4, 0.5) is 5.69 Å². The highest BCUT2D eigenvalue weighted by Crippen LogP contribution is 2.29. The third kappa shape index (κ3) is 4.34. The van der Waals surface area contributed by atoms with Crippen LogP contribution < -0.4 is 20.7 Å². The Kier molecular flexibility index (Phi) is 5.72. The van der Waals surface area contributed by atoms with E-state index in [1.54, 1.807) is 18.2 Å². The zero-order valence-corrected chi connectivity index (χ0v) is 13.7. The van der Waals surface area contributed by atoms with Crippen LogP contribution in [0.5, 0.6) is 11.5 Å². The van der Waals surface area contributed by atoms with Crippen LogP contribution in [0.1, 0.15) is 25.1 Å². The van der Waals surface area contributed by atoms with E-state index < -0.39 is 21.9 Å². The minimum absolute atomic E-state index is 0.189. The number of ether oxygens (including phenoxy) is 2. The van der Waals surface area contributed by atoms with Gasteiger partial charge in [-0.05, 0) is 37.6 Å². The molecule has 1 aromatic heterocycles. The molecule has 2 aromatic rings. The van der Waals surface area contributed by atoms with Crippen molar-refractivity contribution in [2.45, 2.75) is 13.8 Å². The van der Waals surface area contributed by atoms with Crippen LogP contribution in [0.2, 0.25) is 0 Å². The van der Waals surface area contributed by atoms with E-state index in [9.17, 15) is 19.7 Å². The third-order valence-electron chi connectivity index (χ3n) is 3.14. The van der Waals surface area contributed by atoms with E-state index in [4.69, 9.17) is 9.47 Å². The minimum atomic E-state index is -1.06. The van der Waals surface area contributed by atoms with Gasteiger partial charge in [0.05, 0.1) is 18.1 Å². The fourth-order valence-electron chi connectivity index (χ4n) is 2.15. The van der Waals surface area contributed by atoms with E-state index in [0.717, 1.165) is 0 Å². The molecule has 1 heterocycles. The highest BCUT2D eigenvalue weighted by atomic mass is 16.6. The number of nitrogens with one attached hydrogen (secondary N) is 2. The predicted octanol–water partition coefficient (Wildman–Crippen LogP) is 1.94. The highest BCUT2D eigenvalue weighted by molar-refractivity contribution is 5.72. The molecule has 2 rings (SSSR count). The summed E-state index contributed by atoms with van der Waals surface area (Å²) in [4.78, 5) is 37.2. The molecule has 0 bridgehead atoms. The van der Waals surface area contributed by atoms with Crippen LogP contribution in [-0.4, -0.2) is 28.1 Å². The summed E-state index contributed by atoms with van der Waals surface area (Å²) >= 11 is 0.